The van der Waals surface area contributed by atoms with Gasteiger partial charge in [0.1, 0.15) is 17.1 Å². The van der Waals surface area contributed by atoms with E-state index in [0.29, 0.717) is 23.0 Å². The molecule has 2 heterocycles. The number of ether oxygens (including phenoxy) is 2. The first-order valence-electron chi connectivity index (χ1n) is 10.8. The summed E-state index contributed by atoms with van der Waals surface area (Å²) in [5, 5.41) is 3.74. The quantitative estimate of drug-likeness (QED) is 0.580. The number of fused-ring (bicyclic) bond motifs is 1. The fourth-order valence-corrected chi connectivity index (χ4v) is 3.97. The highest BCUT2D eigenvalue weighted by Gasteiger charge is 2.20. The van der Waals surface area contributed by atoms with Crippen molar-refractivity contribution < 1.29 is 19.1 Å². The van der Waals surface area contributed by atoms with Gasteiger partial charge in [-0.1, -0.05) is 12.1 Å². The Bertz CT molecular complexity index is 1110. The topological polar surface area (TPSA) is 80.8 Å². The smallest absolute Gasteiger partial charge is 0.337 e. The third kappa shape index (κ3) is 4.82. The number of pyridine rings is 1. The van der Waals surface area contributed by atoms with Gasteiger partial charge in [0.15, 0.2) is 6.61 Å². The second-order valence-corrected chi connectivity index (χ2v) is 7.94. The number of carbonyl (C=O) groups excluding carboxylic acids is 2. The minimum absolute atomic E-state index is 0.149. The van der Waals surface area contributed by atoms with E-state index in [-0.39, 0.29) is 12.5 Å². The van der Waals surface area contributed by atoms with Crippen molar-refractivity contribution in [2.24, 2.45) is 0 Å². The molecule has 0 aliphatic carbocycles. The van der Waals surface area contributed by atoms with Crippen molar-refractivity contribution in [3.8, 4) is 5.75 Å². The van der Waals surface area contributed by atoms with Gasteiger partial charge in [-0.15, -0.1) is 0 Å². The number of piperidine rings is 1. The number of para-hydroxylation sites is 1. The number of aromatic nitrogens is 1. The first-order chi connectivity index (χ1) is 15.5. The van der Waals surface area contributed by atoms with Gasteiger partial charge < -0.3 is 19.7 Å². The minimum atomic E-state index is -0.423. The standard InChI is InChI=1S/C25H27N3O4/c1-17-6-3-4-15-28(17)22-14-11-18-7-5-8-21(24(18)27-22)32-16-23(29)26-20-12-9-19(10-13-20)25(30)31-2/h5,7-14,17H,3-4,6,15-16H2,1-2H3,(H,26,29). The number of anilines is 2. The molecule has 1 aliphatic heterocycles. The van der Waals surface area contributed by atoms with Crippen molar-refractivity contribution in [3.63, 3.8) is 0 Å². The molecule has 7 nitrogen and oxygen atoms in total. The van der Waals surface area contributed by atoms with Crippen LogP contribution in [0.1, 0.15) is 36.5 Å². The summed E-state index contributed by atoms with van der Waals surface area (Å²) >= 11 is 0. The van der Waals surface area contributed by atoms with Crippen molar-refractivity contribution in [2.45, 2.75) is 32.2 Å². The van der Waals surface area contributed by atoms with E-state index < -0.39 is 5.97 Å². The van der Waals surface area contributed by atoms with E-state index in [0.717, 1.165) is 23.3 Å². The van der Waals surface area contributed by atoms with Crippen LogP contribution in [-0.4, -0.2) is 43.2 Å². The number of nitrogens with zero attached hydrogens (tertiary/aromatic N) is 2. The number of benzene rings is 2. The number of esters is 1. The second kappa shape index (κ2) is 9.68. The molecular formula is C25H27N3O4. The number of nitrogens with one attached hydrogen (secondary N) is 1. The summed E-state index contributed by atoms with van der Waals surface area (Å²) < 4.78 is 10.5. The average molecular weight is 434 g/mol. The Morgan fingerprint density at radius 3 is 2.66 bits per heavy atom. The summed E-state index contributed by atoms with van der Waals surface area (Å²) in [6.45, 7) is 3.08. The summed E-state index contributed by atoms with van der Waals surface area (Å²) in [4.78, 5) is 31.1. The molecule has 4 rings (SSSR count). The van der Waals surface area contributed by atoms with E-state index in [9.17, 15) is 9.59 Å². The van der Waals surface area contributed by atoms with E-state index >= 15 is 0 Å². The Kier molecular flexibility index (Phi) is 6.54. The maximum Gasteiger partial charge on any atom is 0.337 e. The van der Waals surface area contributed by atoms with Crippen LogP contribution >= 0.6 is 0 Å². The van der Waals surface area contributed by atoms with Gasteiger partial charge in [-0.25, -0.2) is 9.78 Å². The van der Waals surface area contributed by atoms with Gasteiger partial charge in [0.25, 0.3) is 5.91 Å². The zero-order valence-electron chi connectivity index (χ0n) is 18.3. The van der Waals surface area contributed by atoms with Gasteiger partial charge in [-0.2, -0.15) is 0 Å². The fourth-order valence-electron chi connectivity index (χ4n) is 3.97. The molecule has 0 saturated carbocycles. The SMILES string of the molecule is COC(=O)c1ccc(NC(=O)COc2cccc3ccc(N4CCCCC4C)nc23)cc1. The average Bonchev–Trinajstić information content (AvgIpc) is 2.82. The Labute approximate surface area is 187 Å². The van der Waals surface area contributed by atoms with Crippen LogP contribution in [0.2, 0.25) is 0 Å². The van der Waals surface area contributed by atoms with Crippen LogP contribution in [0.25, 0.3) is 10.9 Å². The molecule has 1 unspecified atom stereocenters. The van der Waals surface area contributed by atoms with Crippen molar-refractivity contribution in [1.82, 2.24) is 4.98 Å². The van der Waals surface area contributed by atoms with Gasteiger partial charge in [0, 0.05) is 23.7 Å². The molecule has 32 heavy (non-hydrogen) atoms. The maximum absolute atomic E-state index is 12.4. The second-order valence-electron chi connectivity index (χ2n) is 7.94. The van der Waals surface area contributed by atoms with Crippen molar-refractivity contribution in [3.05, 3.63) is 60.2 Å². The fraction of sp³-hybridized carbons (Fsp3) is 0.320. The van der Waals surface area contributed by atoms with Crippen LogP contribution < -0.4 is 15.0 Å². The van der Waals surface area contributed by atoms with Gasteiger partial charge >= 0.3 is 5.97 Å². The molecule has 0 spiro atoms. The van der Waals surface area contributed by atoms with E-state index in [2.05, 4.69) is 34.0 Å². The van der Waals surface area contributed by atoms with E-state index in [4.69, 9.17) is 9.72 Å². The largest absolute Gasteiger partial charge is 0.481 e. The van der Waals surface area contributed by atoms with Crippen molar-refractivity contribution in [2.75, 3.05) is 30.5 Å². The van der Waals surface area contributed by atoms with Gasteiger partial charge in [-0.3, -0.25) is 4.79 Å². The van der Waals surface area contributed by atoms with Gasteiger partial charge in [0.2, 0.25) is 0 Å². The summed E-state index contributed by atoms with van der Waals surface area (Å²) in [6.07, 6.45) is 3.59. The van der Waals surface area contributed by atoms with Crippen LogP contribution in [0.4, 0.5) is 11.5 Å². The summed E-state index contributed by atoms with van der Waals surface area (Å²) in [6, 6.07) is 16.8. The molecule has 7 heteroatoms. The van der Waals surface area contributed by atoms with Crippen LogP contribution in [0, 0.1) is 0 Å². The molecule has 2 aromatic carbocycles. The van der Waals surface area contributed by atoms with E-state index in [1.165, 1.54) is 26.4 Å². The Hall–Kier alpha value is -3.61. The summed E-state index contributed by atoms with van der Waals surface area (Å²) in [7, 11) is 1.33. The lowest BCUT2D eigenvalue weighted by Gasteiger charge is -2.34. The molecule has 166 valence electrons. The third-order valence-corrected chi connectivity index (χ3v) is 5.71. The molecule has 0 bridgehead atoms. The third-order valence-electron chi connectivity index (χ3n) is 5.71. The van der Waals surface area contributed by atoms with Crippen LogP contribution in [0.5, 0.6) is 5.75 Å². The van der Waals surface area contributed by atoms with Crippen molar-refractivity contribution in [1.29, 1.82) is 0 Å². The highest BCUT2D eigenvalue weighted by Crippen LogP contribution is 2.29. The first kappa shape index (κ1) is 21.6. The van der Waals surface area contributed by atoms with E-state index in [1.54, 1.807) is 24.3 Å². The Morgan fingerprint density at radius 1 is 1.09 bits per heavy atom. The molecule has 1 saturated heterocycles. The van der Waals surface area contributed by atoms with E-state index in [1.807, 2.05) is 18.2 Å². The lowest BCUT2D eigenvalue weighted by molar-refractivity contribution is -0.118. The molecule has 1 aromatic heterocycles. The van der Waals surface area contributed by atoms with Crippen LogP contribution in [-0.2, 0) is 9.53 Å². The number of hydrogen-bond donors (Lipinski definition) is 1. The predicted molar refractivity (Wildman–Crippen MR) is 124 cm³/mol. The normalized spacial score (nSPS) is 15.9. The zero-order chi connectivity index (χ0) is 22.5. The molecular weight excluding hydrogens is 406 g/mol. The monoisotopic (exact) mass is 433 g/mol. The molecule has 1 N–H and O–H groups in total. The molecule has 3 aromatic rings. The molecule has 0 radical (unpaired) electrons. The lowest BCUT2D eigenvalue weighted by Crippen LogP contribution is -2.37. The highest BCUT2D eigenvalue weighted by molar-refractivity contribution is 5.94. The molecule has 1 aliphatic rings. The van der Waals surface area contributed by atoms with Gasteiger partial charge in [0.05, 0.1) is 12.7 Å². The number of hydrogen-bond acceptors (Lipinski definition) is 6. The minimum Gasteiger partial charge on any atom is -0.481 e. The molecule has 1 amide bonds. The van der Waals surface area contributed by atoms with Crippen LogP contribution in [0.15, 0.2) is 54.6 Å². The van der Waals surface area contributed by atoms with Crippen LogP contribution in [0.3, 0.4) is 0 Å². The van der Waals surface area contributed by atoms with Gasteiger partial charge in [-0.05, 0) is 68.7 Å². The first-order valence-corrected chi connectivity index (χ1v) is 10.8. The Morgan fingerprint density at radius 2 is 1.91 bits per heavy atom. The molecule has 1 atom stereocenters. The highest BCUT2D eigenvalue weighted by atomic mass is 16.5. The number of amides is 1. The summed E-state index contributed by atoms with van der Waals surface area (Å²) in [5.74, 6) is 0.794. The summed E-state index contributed by atoms with van der Waals surface area (Å²) in [5.41, 5.74) is 1.74. The van der Waals surface area contributed by atoms with Crippen molar-refractivity contribution >= 4 is 34.3 Å². The zero-order valence-corrected chi connectivity index (χ0v) is 18.3. The number of methoxy groups -OCH3 is 1. The number of carbonyl (C=O) groups is 2. The molecule has 1 fully saturated rings. The predicted octanol–water partition coefficient (Wildman–Crippen LogP) is 4.42. The maximum atomic E-state index is 12.4. The Balaban J connectivity index is 1.44. The lowest BCUT2D eigenvalue weighted by atomic mass is 10.0. The number of rotatable bonds is 6.